The first-order valence-electron chi connectivity index (χ1n) is 0.204. The summed E-state index contributed by atoms with van der Waals surface area (Å²) in [6.45, 7) is 0. The molecule has 0 radical (unpaired) electrons. The molecule has 0 saturated carbocycles. The molecule has 0 aliphatic carbocycles. The SMILES string of the molecule is [LiH].[S]=[Zr].[Zn]. The van der Waals surface area contributed by atoms with Gasteiger partial charge in [0.25, 0.3) is 0 Å². The first-order valence-corrected chi connectivity index (χ1v) is 3.62. The largest absolute Gasteiger partial charge is 0 e. The summed E-state index contributed by atoms with van der Waals surface area (Å²) in [7, 11) is 4.17. The van der Waals surface area contributed by atoms with Crippen molar-refractivity contribution >= 4 is 27.7 Å². The van der Waals surface area contributed by atoms with Crippen molar-refractivity contribution in [1.29, 1.82) is 0 Å². The van der Waals surface area contributed by atoms with E-state index in [0.29, 0.717) is 0 Å². The van der Waals surface area contributed by atoms with E-state index in [1.165, 1.54) is 0 Å². The third-order valence-electron chi connectivity index (χ3n) is 0. The minimum absolute atomic E-state index is 0. The Morgan fingerprint density at radius 2 is 1.25 bits per heavy atom. The van der Waals surface area contributed by atoms with Crippen LogP contribution in [0.2, 0.25) is 0 Å². The maximum Gasteiger partial charge on any atom is 0 e. The Morgan fingerprint density at radius 3 is 1.25 bits per heavy atom. The Kier molecular flexibility index (Phi) is 74.8. The van der Waals surface area contributed by atoms with E-state index >= 15 is 0 Å². The number of hydrogen-bond acceptors (Lipinski definition) is 1. The van der Waals surface area contributed by atoms with Crippen molar-refractivity contribution in [2.75, 3.05) is 0 Å². The molecular formula is HLiSZnZr. The summed E-state index contributed by atoms with van der Waals surface area (Å²) >= 11 is 1.13. The van der Waals surface area contributed by atoms with Gasteiger partial charge in [0.05, 0.1) is 0 Å². The summed E-state index contributed by atoms with van der Waals surface area (Å²) < 4.78 is 0. The van der Waals surface area contributed by atoms with Gasteiger partial charge in [-0.25, -0.2) is 0 Å². The van der Waals surface area contributed by atoms with Crippen LogP contribution in [0.4, 0.5) is 0 Å². The van der Waals surface area contributed by atoms with Gasteiger partial charge in [-0.3, -0.25) is 0 Å². The molecule has 4 heavy (non-hydrogen) atoms. The summed E-state index contributed by atoms with van der Waals surface area (Å²) in [6.07, 6.45) is 0. The van der Waals surface area contributed by atoms with Gasteiger partial charge in [0, 0.05) is 19.5 Å². The van der Waals surface area contributed by atoms with E-state index in [9.17, 15) is 0 Å². The molecule has 0 heterocycles. The monoisotopic (exact) mass is 194 g/mol. The molecule has 0 rings (SSSR count). The van der Waals surface area contributed by atoms with Crippen LogP contribution in [-0.4, -0.2) is 18.9 Å². The van der Waals surface area contributed by atoms with Gasteiger partial charge in [-0.2, -0.15) is 0 Å². The molecule has 0 aromatic rings. The molecule has 0 bridgehead atoms. The Labute approximate surface area is 68.8 Å². The van der Waals surface area contributed by atoms with Gasteiger partial charge in [0.2, 0.25) is 0 Å². The van der Waals surface area contributed by atoms with Gasteiger partial charge in [-0.1, -0.05) is 0 Å². The summed E-state index contributed by atoms with van der Waals surface area (Å²) in [5.41, 5.74) is 0. The average molecular weight is 197 g/mol. The molecule has 0 spiro atoms. The number of rotatable bonds is 0. The zero-order chi connectivity index (χ0) is 2.00. The van der Waals surface area contributed by atoms with E-state index in [1.54, 1.807) is 0 Å². The minimum atomic E-state index is 0. The summed E-state index contributed by atoms with van der Waals surface area (Å²) in [6, 6.07) is 0. The van der Waals surface area contributed by atoms with Crippen molar-refractivity contribution in [2.45, 2.75) is 0 Å². The van der Waals surface area contributed by atoms with Gasteiger partial charge in [0.15, 0.2) is 0 Å². The Balaban J connectivity index is -0.00000000500. The molecule has 0 unspecified atom stereocenters. The molecule has 14 valence electrons. The Bertz CT molecular complexity index is 8.00. The molecule has 0 aliphatic rings. The van der Waals surface area contributed by atoms with Crippen LogP contribution in [-0.2, 0) is 42.2 Å². The third kappa shape index (κ3) is 8.85. The summed E-state index contributed by atoms with van der Waals surface area (Å²) in [5, 5.41) is 0. The predicted octanol–water partition coefficient (Wildman–Crippen LogP) is -0.00530. The fraction of sp³-hybridized carbons (Fsp3) is 0. The Morgan fingerprint density at radius 1 is 1.25 bits per heavy atom. The van der Waals surface area contributed by atoms with E-state index in [1.807, 2.05) is 0 Å². The summed E-state index contributed by atoms with van der Waals surface area (Å²) in [4.78, 5) is 0. The van der Waals surface area contributed by atoms with E-state index in [2.05, 4.69) is 8.86 Å². The van der Waals surface area contributed by atoms with Crippen molar-refractivity contribution in [2.24, 2.45) is 0 Å². The first kappa shape index (κ1) is 16.2. The van der Waals surface area contributed by atoms with Gasteiger partial charge >= 0.3 is 50.4 Å². The van der Waals surface area contributed by atoms with Crippen LogP contribution in [0.3, 0.4) is 0 Å². The van der Waals surface area contributed by atoms with Gasteiger partial charge in [-0.15, -0.1) is 0 Å². The molecule has 0 amide bonds. The van der Waals surface area contributed by atoms with Gasteiger partial charge in [0.1, 0.15) is 0 Å². The second-order valence-corrected chi connectivity index (χ2v) is 0. The van der Waals surface area contributed by atoms with Crippen LogP contribution in [0.25, 0.3) is 0 Å². The normalized spacial score (nSPS) is 0.750. The molecule has 0 atom stereocenters. The molecule has 0 N–H and O–H groups in total. The van der Waals surface area contributed by atoms with Crippen LogP contribution in [0.5, 0.6) is 0 Å². The van der Waals surface area contributed by atoms with Gasteiger partial charge in [-0.05, 0) is 0 Å². The van der Waals surface area contributed by atoms with Crippen LogP contribution < -0.4 is 0 Å². The molecule has 0 aromatic heterocycles. The van der Waals surface area contributed by atoms with Crippen LogP contribution in [0.1, 0.15) is 0 Å². The maximum atomic E-state index is 4.17. The van der Waals surface area contributed by atoms with E-state index < -0.39 is 0 Å². The van der Waals surface area contributed by atoms with E-state index in [0.717, 1.165) is 22.7 Å². The molecule has 0 saturated heterocycles. The molecular weight excluding hydrogens is 196 g/mol. The van der Waals surface area contributed by atoms with Crippen molar-refractivity contribution in [3.63, 3.8) is 0 Å². The second-order valence-electron chi connectivity index (χ2n) is 0. The molecule has 0 nitrogen and oxygen atoms in total. The third-order valence-corrected chi connectivity index (χ3v) is 0. The molecule has 0 aromatic carbocycles. The van der Waals surface area contributed by atoms with Gasteiger partial charge < -0.3 is 0 Å². The van der Waals surface area contributed by atoms with Crippen molar-refractivity contribution < 1.29 is 42.2 Å². The second kappa shape index (κ2) is 18.4. The van der Waals surface area contributed by atoms with Crippen LogP contribution >= 0.6 is 8.86 Å². The smallest absolute Gasteiger partial charge is 0 e. The molecule has 0 aliphatic heterocycles. The zero-order valence-corrected chi connectivity index (χ0v) is 7.86. The predicted molar refractivity (Wildman–Crippen MR) is 14.7 cm³/mol. The zero-order valence-electron chi connectivity index (χ0n) is 1.62. The molecule has 4 heteroatoms. The van der Waals surface area contributed by atoms with Crippen LogP contribution in [0, 0.1) is 0 Å². The van der Waals surface area contributed by atoms with Crippen molar-refractivity contribution in [3.05, 3.63) is 0 Å². The minimum Gasteiger partial charge on any atom is 0 e. The topological polar surface area (TPSA) is 0 Å². The maximum absolute atomic E-state index is 4.17. The standard InChI is InChI=1S/Li.S.Zn.Zr.H. The fourth-order valence-corrected chi connectivity index (χ4v) is 0. The van der Waals surface area contributed by atoms with Crippen molar-refractivity contribution in [1.82, 2.24) is 0 Å². The Hall–Kier alpha value is 2.32. The van der Waals surface area contributed by atoms with Crippen molar-refractivity contribution in [3.8, 4) is 0 Å². The van der Waals surface area contributed by atoms with Crippen LogP contribution in [0.15, 0.2) is 0 Å². The average Bonchev–Trinajstić information content (AvgIpc) is 1.00. The number of hydrogen-bond donors (Lipinski definition) is 0. The first-order chi connectivity index (χ1) is 1.00. The summed E-state index contributed by atoms with van der Waals surface area (Å²) in [5.74, 6) is 0. The van der Waals surface area contributed by atoms with E-state index in [4.69, 9.17) is 0 Å². The molecule has 0 fully saturated rings. The van der Waals surface area contributed by atoms with E-state index in [-0.39, 0.29) is 38.3 Å². The quantitative estimate of drug-likeness (QED) is 0.492. The fourth-order valence-electron chi connectivity index (χ4n) is 0.